The molecular formula is C32H33ClN6OS. The van der Waals surface area contributed by atoms with Crippen molar-refractivity contribution in [2.45, 2.75) is 37.5 Å². The number of fused-ring (bicyclic) bond motifs is 3. The lowest BCUT2D eigenvalue weighted by Gasteiger charge is -2.34. The summed E-state index contributed by atoms with van der Waals surface area (Å²) in [5.74, 6) is 1.11. The summed E-state index contributed by atoms with van der Waals surface area (Å²) >= 11 is 7.85. The lowest BCUT2D eigenvalue weighted by molar-refractivity contribution is -0.133. The van der Waals surface area contributed by atoms with Crippen molar-refractivity contribution >= 4 is 51.3 Å². The number of benzene rings is 3. The number of rotatable bonds is 10. The molecule has 1 aliphatic heterocycles. The highest BCUT2D eigenvalue weighted by Crippen LogP contribution is 2.28. The van der Waals surface area contributed by atoms with E-state index < -0.39 is 0 Å². The van der Waals surface area contributed by atoms with Gasteiger partial charge in [0.15, 0.2) is 5.65 Å². The number of halogens is 1. The molecule has 1 fully saturated rings. The van der Waals surface area contributed by atoms with Crippen LogP contribution in [0.5, 0.6) is 0 Å². The Labute approximate surface area is 249 Å². The first kappa shape index (κ1) is 27.7. The maximum Gasteiger partial charge on any atom is 0.222 e. The van der Waals surface area contributed by atoms with Gasteiger partial charge in [-0.15, -0.1) is 10.2 Å². The first-order valence-corrected chi connectivity index (χ1v) is 15.5. The standard InChI is InChI=1S/C32H33ClN6OS/c33-26-12-8-11-25(21-26)23-39-28-14-5-4-13-27(28)30-31(39)34-32(36-35-30)41-20-7-6-15-29(40)38-18-16-37(17-19-38)22-24-9-2-1-3-10-24/h1-5,8-14,21H,6-7,15-20,22-23H2. The zero-order valence-electron chi connectivity index (χ0n) is 23.0. The number of aromatic nitrogens is 4. The Morgan fingerprint density at radius 2 is 1.61 bits per heavy atom. The largest absolute Gasteiger partial charge is 0.340 e. The molecule has 6 rings (SSSR count). The molecule has 210 valence electrons. The molecule has 0 aliphatic carbocycles. The van der Waals surface area contributed by atoms with Crippen LogP contribution in [0.2, 0.25) is 5.02 Å². The first-order chi connectivity index (χ1) is 20.1. The molecule has 1 saturated heterocycles. The van der Waals surface area contributed by atoms with Crippen molar-refractivity contribution in [1.82, 2.24) is 29.5 Å². The van der Waals surface area contributed by atoms with Gasteiger partial charge >= 0.3 is 0 Å². The number of carbonyl (C=O) groups excluding carboxylic acids is 1. The highest BCUT2D eigenvalue weighted by Gasteiger charge is 2.21. The van der Waals surface area contributed by atoms with Crippen molar-refractivity contribution in [2.75, 3.05) is 31.9 Å². The molecule has 3 aromatic carbocycles. The van der Waals surface area contributed by atoms with Gasteiger partial charge in [-0.1, -0.05) is 84.0 Å². The number of carbonyl (C=O) groups is 1. The molecule has 1 aliphatic rings. The summed E-state index contributed by atoms with van der Waals surface area (Å²) in [5, 5.41) is 11.4. The fourth-order valence-corrected chi connectivity index (χ4v) is 6.42. The number of unbranched alkanes of at least 4 members (excludes halogenated alkanes) is 1. The number of para-hydroxylation sites is 1. The quantitative estimate of drug-likeness (QED) is 0.142. The molecule has 5 aromatic rings. The third-order valence-electron chi connectivity index (χ3n) is 7.57. The normalized spacial score (nSPS) is 14.2. The summed E-state index contributed by atoms with van der Waals surface area (Å²) in [5.41, 5.74) is 5.14. The zero-order valence-corrected chi connectivity index (χ0v) is 24.5. The Morgan fingerprint density at radius 3 is 2.44 bits per heavy atom. The van der Waals surface area contributed by atoms with Crippen molar-refractivity contribution in [3.63, 3.8) is 0 Å². The van der Waals surface area contributed by atoms with Gasteiger partial charge in [0, 0.05) is 61.9 Å². The van der Waals surface area contributed by atoms with Gasteiger partial charge in [0.2, 0.25) is 11.1 Å². The second-order valence-corrected chi connectivity index (χ2v) is 11.9. The minimum atomic E-state index is 0.263. The fourth-order valence-electron chi connectivity index (χ4n) is 5.43. The Bertz CT molecular complexity index is 1630. The van der Waals surface area contributed by atoms with Crippen molar-refractivity contribution in [3.05, 3.63) is 95.0 Å². The van der Waals surface area contributed by atoms with Crippen LogP contribution in [0.4, 0.5) is 0 Å². The SMILES string of the molecule is O=C(CCCCSc1nnc2c3ccccc3n(Cc3cccc(Cl)c3)c2n1)N1CCN(Cc2ccccc2)CC1. The van der Waals surface area contributed by atoms with E-state index in [2.05, 4.69) is 62.1 Å². The van der Waals surface area contributed by atoms with Gasteiger partial charge in [0.1, 0.15) is 5.52 Å². The summed E-state index contributed by atoms with van der Waals surface area (Å²) in [6, 6.07) is 26.6. The van der Waals surface area contributed by atoms with E-state index in [9.17, 15) is 4.79 Å². The Balaban J connectivity index is 1.01. The summed E-state index contributed by atoms with van der Waals surface area (Å²) in [7, 11) is 0. The highest BCUT2D eigenvalue weighted by molar-refractivity contribution is 7.99. The third kappa shape index (κ3) is 6.72. The van der Waals surface area contributed by atoms with Gasteiger partial charge in [0.05, 0.1) is 5.52 Å². The van der Waals surface area contributed by atoms with Gasteiger partial charge in [-0.25, -0.2) is 4.98 Å². The van der Waals surface area contributed by atoms with E-state index in [1.807, 2.05) is 41.3 Å². The van der Waals surface area contributed by atoms with Crippen LogP contribution in [-0.2, 0) is 17.9 Å². The minimum Gasteiger partial charge on any atom is -0.340 e. The smallest absolute Gasteiger partial charge is 0.222 e. The predicted molar refractivity (Wildman–Crippen MR) is 166 cm³/mol. The van der Waals surface area contributed by atoms with Crippen LogP contribution < -0.4 is 0 Å². The van der Waals surface area contributed by atoms with Crippen LogP contribution in [0, 0.1) is 0 Å². The van der Waals surface area contributed by atoms with Gasteiger partial charge in [-0.05, 0) is 42.2 Å². The molecule has 0 radical (unpaired) electrons. The molecule has 9 heteroatoms. The van der Waals surface area contributed by atoms with Gasteiger partial charge < -0.3 is 9.47 Å². The van der Waals surface area contributed by atoms with E-state index in [1.165, 1.54) is 5.56 Å². The van der Waals surface area contributed by atoms with Crippen LogP contribution >= 0.6 is 23.4 Å². The molecule has 1 amide bonds. The predicted octanol–water partition coefficient (Wildman–Crippen LogP) is 6.29. The second-order valence-electron chi connectivity index (χ2n) is 10.4. The maximum atomic E-state index is 12.8. The number of piperazine rings is 1. The number of amides is 1. The molecule has 0 unspecified atom stereocenters. The van der Waals surface area contributed by atoms with Crippen LogP contribution in [0.3, 0.4) is 0 Å². The molecule has 0 atom stereocenters. The van der Waals surface area contributed by atoms with Crippen LogP contribution in [0.1, 0.15) is 30.4 Å². The van der Waals surface area contributed by atoms with Crippen molar-refractivity contribution < 1.29 is 4.79 Å². The minimum absolute atomic E-state index is 0.263. The number of nitrogens with zero attached hydrogens (tertiary/aromatic N) is 6. The van der Waals surface area contributed by atoms with Crippen molar-refractivity contribution in [3.8, 4) is 0 Å². The molecule has 0 bridgehead atoms. The molecular weight excluding hydrogens is 552 g/mol. The number of hydrogen-bond acceptors (Lipinski definition) is 6. The summed E-state index contributed by atoms with van der Waals surface area (Å²) in [6.07, 6.45) is 2.38. The molecule has 7 nitrogen and oxygen atoms in total. The topological polar surface area (TPSA) is 67.2 Å². The fraction of sp³-hybridized carbons (Fsp3) is 0.312. The third-order valence-corrected chi connectivity index (χ3v) is 8.73. The Morgan fingerprint density at radius 1 is 0.829 bits per heavy atom. The Hall–Kier alpha value is -3.46. The molecule has 0 spiro atoms. The average molecular weight is 585 g/mol. The van der Waals surface area contributed by atoms with Crippen LogP contribution in [-0.4, -0.2) is 67.4 Å². The lowest BCUT2D eigenvalue weighted by Crippen LogP contribution is -2.48. The maximum absolute atomic E-state index is 12.8. The zero-order chi connectivity index (χ0) is 28.0. The van der Waals surface area contributed by atoms with Gasteiger partial charge in [-0.2, -0.15) is 0 Å². The van der Waals surface area contributed by atoms with E-state index in [-0.39, 0.29) is 5.91 Å². The number of thioether (sulfide) groups is 1. The van der Waals surface area contributed by atoms with Gasteiger partial charge in [0.25, 0.3) is 0 Å². The lowest BCUT2D eigenvalue weighted by atomic mass is 10.2. The second kappa shape index (κ2) is 13.0. The van der Waals surface area contributed by atoms with Crippen LogP contribution in [0.25, 0.3) is 22.1 Å². The summed E-state index contributed by atoms with van der Waals surface area (Å²) < 4.78 is 2.19. The average Bonchev–Trinajstić information content (AvgIpc) is 3.30. The Kier molecular flexibility index (Phi) is 8.80. The van der Waals surface area contributed by atoms with E-state index >= 15 is 0 Å². The van der Waals surface area contributed by atoms with Crippen LogP contribution in [0.15, 0.2) is 84.0 Å². The summed E-state index contributed by atoms with van der Waals surface area (Å²) in [6.45, 7) is 5.07. The van der Waals surface area contributed by atoms with E-state index in [0.29, 0.717) is 18.1 Å². The highest BCUT2D eigenvalue weighted by atomic mass is 35.5. The molecule has 0 saturated carbocycles. The molecule has 3 heterocycles. The monoisotopic (exact) mass is 584 g/mol. The summed E-state index contributed by atoms with van der Waals surface area (Å²) in [4.78, 5) is 22.2. The van der Waals surface area contributed by atoms with Gasteiger partial charge in [-0.3, -0.25) is 9.69 Å². The first-order valence-electron chi connectivity index (χ1n) is 14.2. The number of hydrogen-bond donors (Lipinski definition) is 0. The molecule has 0 N–H and O–H groups in total. The van der Waals surface area contributed by atoms with E-state index in [1.54, 1.807) is 11.8 Å². The van der Waals surface area contributed by atoms with E-state index in [4.69, 9.17) is 16.6 Å². The van der Waals surface area contributed by atoms with Crippen molar-refractivity contribution in [2.24, 2.45) is 0 Å². The molecule has 41 heavy (non-hydrogen) atoms. The van der Waals surface area contributed by atoms with E-state index in [0.717, 1.165) is 84.0 Å². The van der Waals surface area contributed by atoms with Crippen molar-refractivity contribution in [1.29, 1.82) is 0 Å². The molecule has 2 aromatic heterocycles.